The van der Waals surface area contributed by atoms with Gasteiger partial charge in [0.2, 0.25) is 0 Å². The first-order valence-corrected chi connectivity index (χ1v) is 4.81. The first-order chi connectivity index (χ1) is 7.04. The molecule has 0 saturated heterocycles. The largest absolute Gasteiger partial charge is 0.479 e. The summed E-state index contributed by atoms with van der Waals surface area (Å²) in [4.78, 5) is 11.2. The minimum atomic E-state index is -1.14. The molecule has 0 amide bonds. The van der Waals surface area contributed by atoms with Gasteiger partial charge in [0.1, 0.15) is 0 Å². The van der Waals surface area contributed by atoms with Crippen molar-refractivity contribution in [3.05, 3.63) is 18.0 Å². The third kappa shape index (κ3) is 2.18. The lowest BCUT2D eigenvalue weighted by Crippen LogP contribution is -2.43. The van der Waals surface area contributed by atoms with Crippen molar-refractivity contribution >= 4 is 5.97 Å². The molecule has 0 aliphatic heterocycles. The van der Waals surface area contributed by atoms with Gasteiger partial charge in [-0.05, 0) is 18.9 Å². The summed E-state index contributed by atoms with van der Waals surface area (Å²) in [6.45, 7) is 3.67. The van der Waals surface area contributed by atoms with E-state index in [-0.39, 0.29) is 6.61 Å². The van der Waals surface area contributed by atoms with Crippen LogP contribution in [-0.4, -0.2) is 34.6 Å². The van der Waals surface area contributed by atoms with E-state index in [0.29, 0.717) is 0 Å². The number of ether oxygens (including phenoxy) is 1. The summed E-state index contributed by atoms with van der Waals surface area (Å²) in [7, 11) is 1.48. The number of nitrogens with zero attached hydrogens (tertiary/aromatic N) is 2. The van der Waals surface area contributed by atoms with Gasteiger partial charge in [0.15, 0.2) is 5.54 Å². The molecule has 0 saturated carbocycles. The normalized spacial score (nSPS) is 14.9. The molecule has 1 heterocycles. The van der Waals surface area contributed by atoms with Crippen LogP contribution in [0.3, 0.4) is 0 Å². The van der Waals surface area contributed by atoms with E-state index in [1.54, 1.807) is 19.3 Å². The van der Waals surface area contributed by atoms with Crippen LogP contribution in [0.1, 0.15) is 19.4 Å². The van der Waals surface area contributed by atoms with Gasteiger partial charge in [-0.25, -0.2) is 4.79 Å². The standard InChI is InChI=1S/C10H16N2O3/c1-4-8-5-11-12(6-8)10(2,7-15-3)9(13)14/h5-6H,4,7H2,1-3H3,(H,13,14). The highest BCUT2D eigenvalue weighted by Crippen LogP contribution is 2.16. The lowest BCUT2D eigenvalue weighted by molar-refractivity contribution is -0.150. The van der Waals surface area contributed by atoms with Gasteiger partial charge >= 0.3 is 5.97 Å². The Morgan fingerprint density at radius 2 is 2.40 bits per heavy atom. The number of carboxylic acids is 1. The molecule has 0 spiro atoms. The first kappa shape index (κ1) is 11.7. The van der Waals surface area contributed by atoms with E-state index in [4.69, 9.17) is 9.84 Å². The summed E-state index contributed by atoms with van der Waals surface area (Å²) in [5.41, 5.74) is -0.124. The minimum absolute atomic E-state index is 0.0904. The summed E-state index contributed by atoms with van der Waals surface area (Å²) >= 11 is 0. The topological polar surface area (TPSA) is 64.4 Å². The van der Waals surface area contributed by atoms with E-state index >= 15 is 0 Å². The third-order valence-electron chi connectivity index (χ3n) is 2.44. The van der Waals surface area contributed by atoms with Crippen molar-refractivity contribution in [2.24, 2.45) is 0 Å². The Morgan fingerprint density at radius 3 is 2.80 bits per heavy atom. The molecule has 1 aromatic rings. The van der Waals surface area contributed by atoms with Crippen molar-refractivity contribution in [2.75, 3.05) is 13.7 Å². The average molecular weight is 212 g/mol. The van der Waals surface area contributed by atoms with Crippen molar-refractivity contribution < 1.29 is 14.6 Å². The van der Waals surface area contributed by atoms with Crippen LogP contribution in [0, 0.1) is 0 Å². The Morgan fingerprint density at radius 1 is 1.73 bits per heavy atom. The number of aliphatic carboxylic acids is 1. The number of carboxylic acid groups (broad SMARTS) is 1. The molecule has 1 unspecified atom stereocenters. The number of aryl methyl sites for hydroxylation is 1. The van der Waals surface area contributed by atoms with Gasteiger partial charge in [-0.2, -0.15) is 5.10 Å². The van der Waals surface area contributed by atoms with Crippen molar-refractivity contribution in [1.29, 1.82) is 0 Å². The SMILES string of the molecule is CCc1cnn(C(C)(COC)C(=O)O)c1. The zero-order valence-corrected chi connectivity index (χ0v) is 9.23. The number of methoxy groups -OCH3 is 1. The van der Waals surface area contributed by atoms with Crippen LogP contribution < -0.4 is 0 Å². The summed E-state index contributed by atoms with van der Waals surface area (Å²) in [5.74, 6) is -0.949. The van der Waals surface area contributed by atoms with Crippen LogP contribution in [-0.2, 0) is 21.5 Å². The molecule has 0 bridgehead atoms. The number of rotatable bonds is 5. The van der Waals surface area contributed by atoms with Crippen LogP contribution in [0.15, 0.2) is 12.4 Å². The monoisotopic (exact) mass is 212 g/mol. The van der Waals surface area contributed by atoms with Crippen LogP contribution in [0.25, 0.3) is 0 Å². The zero-order chi connectivity index (χ0) is 11.5. The highest BCUT2D eigenvalue weighted by atomic mass is 16.5. The molecular weight excluding hydrogens is 196 g/mol. The Hall–Kier alpha value is -1.36. The molecule has 5 nitrogen and oxygen atoms in total. The summed E-state index contributed by atoms with van der Waals surface area (Å²) in [6, 6.07) is 0. The van der Waals surface area contributed by atoms with Gasteiger partial charge in [0.05, 0.1) is 12.8 Å². The smallest absolute Gasteiger partial charge is 0.333 e. The Bertz CT molecular complexity index is 348. The molecule has 0 aliphatic carbocycles. The van der Waals surface area contributed by atoms with Gasteiger partial charge in [0, 0.05) is 13.3 Å². The summed E-state index contributed by atoms with van der Waals surface area (Å²) < 4.78 is 6.37. The molecule has 0 fully saturated rings. The molecule has 1 atom stereocenters. The molecule has 0 radical (unpaired) electrons. The van der Waals surface area contributed by atoms with Crippen molar-refractivity contribution in [3.8, 4) is 0 Å². The quantitative estimate of drug-likeness (QED) is 0.787. The predicted molar refractivity (Wildman–Crippen MR) is 54.8 cm³/mol. The highest BCUT2D eigenvalue weighted by molar-refractivity contribution is 5.76. The number of carbonyl (C=O) groups is 1. The fourth-order valence-electron chi connectivity index (χ4n) is 1.32. The van der Waals surface area contributed by atoms with Crippen LogP contribution in [0.4, 0.5) is 0 Å². The molecule has 5 heteroatoms. The Balaban J connectivity index is 3.03. The van der Waals surface area contributed by atoms with E-state index in [9.17, 15) is 4.79 Å². The second-order valence-corrected chi connectivity index (χ2v) is 3.66. The first-order valence-electron chi connectivity index (χ1n) is 4.81. The van der Waals surface area contributed by atoms with Gasteiger partial charge < -0.3 is 9.84 Å². The number of aromatic nitrogens is 2. The fourth-order valence-corrected chi connectivity index (χ4v) is 1.32. The van der Waals surface area contributed by atoms with E-state index in [0.717, 1.165) is 12.0 Å². The van der Waals surface area contributed by atoms with Gasteiger partial charge in [-0.1, -0.05) is 6.92 Å². The predicted octanol–water partition coefficient (Wildman–Crippen LogP) is 0.892. The second kappa shape index (κ2) is 4.44. The Labute approximate surface area is 88.7 Å². The zero-order valence-electron chi connectivity index (χ0n) is 9.23. The van der Waals surface area contributed by atoms with Crippen LogP contribution in [0.5, 0.6) is 0 Å². The molecule has 15 heavy (non-hydrogen) atoms. The maximum atomic E-state index is 11.2. The molecule has 0 aliphatic rings. The minimum Gasteiger partial charge on any atom is -0.479 e. The van der Waals surface area contributed by atoms with E-state index in [1.165, 1.54) is 11.8 Å². The molecule has 1 rings (SSSR count). The van der Waals surface area contributed by atoms with Gasteiger partial charge in [0.25, 0.3) is 0 Å². The van der Waals surface area contributed by atoms with Crippen molar-refractivity contribution in [2.45, 2.75) is 25.8 Å². The van der Waals surface area contributed by atoms with E-state index in [1.807, 2.05) is 6.92 Å². The maximum Gasteiger partial charge on any atom is 0.333 e. The molecular formula is C10H16N2O3. The highest BCUT2D eigenvalue weighted by Gasteiger charge is 2.36. The number of hydrogen-bond acceptors (Lipinski definition) is 3. The van der Waals surface area contributed by atoms with Crippen molar-refractivity contribution in [1.82, 2.24) is 9.78 Å². The second-order valence-electron chi connectivity index (χ2n) is 3.66. The molecule has 1 N–H and O–H groups in total. The van der Waals surface area contributed by atoms with Crippen LogP contribution in [0.2, 0.25) is 0 Å². The summed E-state index contributed by atoms with van der Waals surface area (Å²) in [6.07, 6.45) is 4.26. The maximum absolute atomic E-state index is 11.2. The number of hydrogen-bond donors (Lipinski definition) is 1. The van der Waals surface area contributed by atoms with Gasteiger partial charge in [-0.15, -0.1) is 0 Å². The Kier molecular flexibility index (Phi) is 3.47. The molecule has 1 aromatic heterocycles. The third-order valence-corrected chi connectivity index (χ3v) is 2.44. The fraction of sp³-hybridized carbons (Fsp3) is 0.600. The molecule has 0 aromatic carbocycles. The van der Waals surface area contributed by atoms with E-state index in [2.05, 4.69) is 5.10 Å². The van der Waals surface area contributed by atoms with Crippen LogP contribution >= 0.6 is 0 Å². The van der Waals surface area contributed by atoms with Crippen molar-refractivity contribution in [3.63, 3.8) is 0 Å². The molecule has 84 valence electrons. The lowest BCUT2D eigenvalue weighted by Gasteiger charge is -2.24. The van der Waals surface area contributed by atoms with Gasteiger partial charge in [-0.3, -0.25) is 4.68 Å². The lowest BCUT2D eigenvalue weighted by atomic mass is 10.1. The summed E-state index contributed by atoms with van der Waals surface area (Å²) in [5, 5.41) is 13.2. The average Bonchev–Trinajstić information content (AvgIpc) is 2.66. The van der Waals surface area contributed by atoms with E-state index < -0.39 is 11.5 Å².